The Kier molecular flexibility index (Phi) is 29.7. The molecule has 7 atom stereocenters. The van der Waals surface area contributed by atoms with Crippen LogP contribution in [0.3, 0.4) is 0 Å². The van der Waals surface area contributed by atoms with Crippen LogP contribution in [0.2, 0.25) is 0 Å². The lowest BCUT2D eigenvalue weighted by atomic mass is 9.91. The van der Waals surface area contributed by atoms with Gasteiger partial charge in [0.05, 0.1) is 121 Å². The minimum atomic E-state index is -1.27. The van der Waals surface area contributed by atoms with E-state index in [1.165, 1.54) is 77.4 Å². The van der Waals surface area contributed by atoms with Crippen LogP contribution in [-0.2, 0) is 4.74 Å². The van der Waals surface area contributed by atoms with Gasteiger partial charge in [0.15, 0.2) is 28.2 Å². The fourth-order valence-corrected chi connectivity index (χ4v) is 16.2. The maximum atomic E-state index is 14.0. The second-order valence-electron chi connectivity index (χ2n) is 33.4. The van der Waals surface area contributed by atoms with Gasteiger partial charge >= 0.3 is 0 Å². The van der Waals surface area contributed by atoms with Gasteiger partial charge in [-0.2, -0.15) is 25.5 Å². The molecular weight excluding hydrogens is 1790 g/mol. The van der Waals surface area contributed by atoms with Crippen molar-refractivity contribution in [2.24, 2.45) is 0 Å². The first-order valence-corrected chi connectivity index (χ1v) is 44.9. The van der Waals surface area contributed by atoms with Crippen molar-refractivity contribution in [1.82, 2.24) is 99.6 Å². The zero-order valence-electron chi connectivity index (χ0n) is 76.5. The summed E-state index contributed by atoms with van der Waals surface area (Å²) in [7, 11) is 1.62. The molecule has 12 N–H and O–H groups in total. The first-order valence-electron chi connectivity index (χ1n) is 44.9. The van der Waals surface area contributed by atoms with Crippen LogP contribution in [0.25, 0.3) is 51.0 Å². The number of aliphatic hydroxyl groups is 2. The molecule has 40 heteroatoms. The van der Waals surface area contributed by atoms with Crippen molar-refractivity contribution >= 4 is 86.0 Å². The topological polar surface area (TPSA) is 384 Å². The number of methoxy groups -OCH3 is 1. The number of amides is 1. The van der Waals surface area contributed by atoms with E-state index < -0.39 is 36.0 Å². The van der Waals surface area contributed by atoms with Crippen LogP contribution in [0.15, 0.2) is 210 Å². The number of aliphatic hydroxyl groups excluding tert-OH is 1. The molecular formula is C98H105F6N25O9. The van der Waals surface area contributed by atoms with Crippen LogP contribution in [0.5, 0.6) is 28.7 Å². The number of hydrogen-bond donors (Lipinski definition) is 12. The molecule has 0 saturated carbocycles. The van der Waals surface area contributed by atoms with Crippen LogP contribution < -0.4 is 76.9 Å². The summed E-state index contributed by atoms with van der Waals surface area (Å²) in [6.07, 6.45) is 19.1. The average molecular weight is 1890 g/mol. The minimum Gasteiger partial charge on any atom is -0.491 e. The Hall–Kier alpha value is -15.7. The van der Waals surface area contributed by atoms with E-state index in [-0.39, 0.29) is 79.8 Å². The highest BCUT2D eigenvalue weighted by Gasteiger charge is 2.34. The standard InChI is InChI=1S/C21H24FN5O.C20H22FN5O2.C19H19F2N5O.C19H20FN5O3.C19H20FN5O2/c1-4-15-12-28-19-7-6-14(22)10-16(19)18(5-2)25-20-8-9-27-21(26-20)17(11-23-27)13(3)24-15;1-12-17-10-23-26-7-6-19(25-20(17)26)24-13(2)16-8-14(21)4-5-18(16)28-15(9-22-12)11-27-3;1-12-15-11-23-26-8-5-18(25-19(15)26)24-16(4-6-20)14-10-13(21)2-3-17(14)27-9-7-22-12;1-19(2,27)16-12-9-11(20)3-4-14(12)28-8-6-21-18(26)13-10-22-25-7-5-15(23-16)24-17(13)25;1-12-15-11-22-25-7-4-18(24-19(15)25)23-16(5-8-26)14-10-13(20)2-3-17(14)27-9-6-21-12/h6-11,15,18,24H,3-5,12H2,1-2H3,(H,25,26);4-8,10,13,15,22H,1,9,11H2,2-3H3,(H,24,25);2-3,5,8,10-11,16,22H,1,4,6-7,9H2,(H,24,25);3-5,7,9-10,16,27H,6,8H2,1-2H3,(H,21,26)(H,23,24);2-4,7,10-11,16,21,26H,1,5-6,8-9H2,(H,23,24)/t15-,18+;13-,15+;3*16-/m01101/s1. The largest absolute Gasteiger partial charge is 0.491 e. The normalized spacial score (nSPS) is 18.2. The van der Waals surface area contributed by atoms with Gasteiger partial charge in [0.2, 0.25) is 0 Å². The van der Waals surface area contributed by atoms with Gasteiger partial charge in [0.25, 0.3) is 5.91 Å². The summed E-state index contributed by atoms with van der Waals surface area (Å²) < 4.78 is 126. The van der Waals surface area contributed by atoms with Gasteiger partial charge in [-0.05, 0) is 161 Å². The quantitative estimate of drug-likeness (QED) is 0.0597. The SMILES string of the molecule is C=C1NCCOc2ccc(F)cc2[C@@H](CCF)Nc2ccn3ncc1c3n2.C=C1NCCOc2ccc(F)cc2[C@@H](CCO)Nc2ccn3ncc1c3n2.C=C1NC[C@@H](COC)Oc2ccc(F)cc2[C@@H](C)Nc2ccn3ncc1c3n2.C=C1N[C@@H](CC)COc2ccc(F)cc2[C@@H](CC)Nc2ccn3ncc1c3n2.CC(C)(O)[C@H]1Nc2ccn3ncc(c3n2)C(=O)NCCOc2ccc(F)cc21. The van der Waals surface area contributed by atoms with E-state index in [1.54, 1.807) is 125 Å². The van der Waals surface area contributed by atoms with Crippen LogP contribution in [-0.4, -0.2) is 186 Å². The third kappa shape index (κ3) is 22.3. The maximum absolute atomic E-state index is 14.0. The third-order valence-electron chi connectivity index (χ3n) is 23.2. The van der Waals surface area contributed by atoms with E-state index in [9.17, 15) is 41.4 Å². The van der Waals surface area contributed by atoms with E-state index in [0.717, 1.165) is 46.4 Å². The van der Waals surface area contributed by atoms with Gasteiger partial charge < -0.3 is 91.8 Å². The number of ether oxygens (including phenoxy) is 6. The van der Waals surface area contributed by atoms with Gasteiger partial charge in [-0.25, -0.2) is 69.4 Å². The van der Waals surface area contributed by atoms with Crippen molar-refractivity contribution in [3.05, 3.63) is 294 Å². The number of rotatable bonds is 9. The molecule has 5 aromatic carbocycles. The number of benzene rings is 5. The Morgan fingerprint density at radius 1 is 0.442 bits per heavy atom. The molecule has 5 aliphatic rings. The number of aromatic nitrogens is 15. The number of carbonyl (C=O) groups is 1. The Morgan fingerprint density at radius 2 is 0.812 bits per heavy atom. The lowest BCUT2D eigenvalue weighted by molar-refractivity contribution is 0.0576. The van der Waals surface area contributed by atoms with Gasteiger partial charge in [-0.3, -0.25) is 9.18 Å². The number of halogens is 6. The van der Waals surface area contributed by atoms with E-state index in [1.807, 2.05) is 38.4 Å². The molecule has 15 aromatic rings. The van der Waals surface area contributed by atoms with Crippen molar-refractivity contribution in [2.75, 3.05) is 106 Å². The third-order valence-corrected chi connectivity index (χ3v) is 23.2. The van der Waals surface area contributed by atoms with Gasteiger partial charge in [0, 0.05) is 115 Å². The second kappa shape index (κ2) is 42.9. The Bertz CT molecular complexity index is 6780. The van der Waals surface area contributed by atoms with Gasteiger partial charge in [-0.1, -0.05) is 40.2 Å². The molecule has 10 aromatic heterocycles. The van der Waals surface area contributed by atoms with Crippen LogP contribution >= 0.6 is 0 Å². The predicted molar refractivity (Wildman–Crippen MR) is 511 cm³/mol. The number of alkyl halides is 1. The summed E-state index contributed by atoms with van der Waals surface area (Å²) in [6, 6.07) is 29.0. The van der Waals surface area contributed by atoms with Crippen molar-refractivity contribution < 1.29 is 69.8 Å². The summed E-state index contributed by atoms with van der Waals surface area (Å²) in [5, 5.41) is 73.9. The fourth-order valence-electron chi connectivity index (χ4n) is 16.2. The van der Waals surface area contributed by atoms with Crippen molar-refractivity contribution in [3.63, 3.8) is 0 Å². The number of nitrogens with one attached hydrogen (secondary N) is 10. The number of anilines is 5. The summed E-state index contributed by atoms with van der Waals surface area (Å²) in [4.78, 5) is 35.5. The van der Waals surface area contributed by atoms with Gasteiger partial charge in [0.1, 0.15) is 125 Å². The predicted octanol–water partition coefficient (Wildman–Crippen LogP) is 14.8. The highest BCUT2D eigenvalue weighted by molar-refractivity contribution is 5.99. The molecule has 15 heterocycles. The highest BCUT2D eigenvalue weighted by atomic mass is 19.1. The average Bonchev–Trinajstić information content (AvgIpc) is 1.53. The van der Waals surface area contributed by atoms with Crippen LogP contribution in [0.1, 0.15) is 151 Å². The summed E-state index contributed by atoms with van der Waals surface area (Å²) >= 11 is 0. The molecule has 0 unspecified atom stereocenters. The fraction of sp³-hybridized carbons (Fsp3) is 0.296. The lowest BCUT2D eigenvalue weighted by Gasteiger charge is -2.32. The lowest BCUT2D eigenvalue weighted by Crippen LogP contribution is -2.35. The number of hydrogen-bond acceptors (Lipinski definition) is 28. The monoisotopic (exact) mass is 1890 g/mol. The molecule has 10 bridgehead atoms. The van der Waals surface area contributed by atoms with Crippen LogP contribution in [0, 0.1) is 29.1 Å². The Labute approximate surface area is 789 Å². The molecule has 0 radical (unpaired) electrons. The second-order valence-corrected chi connectivity index (χ2v) is 33.4. The highest BCUT2D eigenvalue weighted by Crippen LogP contribution is 2.40. The van der Waals surface area contributed by atoms with Gasteiger partial charge in [-0.15, -0.1) is 0 Å². The Balaban J connectivity index is 0.000000125. The van der Waals surface area contributed by atoms with Crippen molar-refractivity contribution in [3.8, 4) is 28.7 Å². The molecule has 718 valence electrons. The first-order chi connectivity index (χ1) is 66.8. The van der Waals surface area contributed by atoms with Crippen molar-refractivity contribution in [1.29, 1.82) is 0 Å². The zero-order chi connectivity index (χ0) is 96.8. The number of carbonyl (C=O) groups excluding carboxylic acids is 1. The molecule has 138 heavy (non-hydrogen) atoms. The zero-order valence-corrected chi connectivity index (χ0v) is 76.5. The maximum Gasteiger partial charge on any atom is 0.256 e. The van der Waals surface area contributed by atoms with E-state index in [4.69, 9.17) is 33.4 Å². The molecule has 0 saturated heterocycles. The van der Waals surface area contributed by atoms with E-state index >= 15 is 0 Å². The Morgan fingerprint density at radius 3 is 1.25 bits per heavy atom. The molecule has 0 spiro atoms. The summed E-state index contributed by atoms with van der Waals surface area (Å²) in [6.45, 7) is 28.5. The molecule has 20 rings (SSSR count). The summed E-state index contributed by atoms with van der Waals surface area (Å²) in [5.41, 5.74) is 11.3. The first kappa shape index (κ1) is 95.4. The molecule has 5 aliphatic heterocycles. The number of nitrogens with zero attached hydrogens (tertiary/aromatic N) is 15. The molecule has 1 amide bonds. The number of fused-ring (bicyclic) bond motifs is 10. The molecule has 0 fully saturated rings. The van der Waals surface area contributed by atoms with E-state index in [0.29, 0.717) is 183 Å². The van der Waals surface area contributed by atoms with E-state index in [2.05, 4.69) is 132 Å². The van der Waals surface area contributed by atoms with Crippen molar-refractivity contribution in [2.45, 2.75) is 108 Å². The minimum absolute atomic E-state index is 0.0531. The smallest absolute Gasteiger partial charge is 0.256 e. The van der Waals surface area contributed by atoms with Crippen LogP contribution in [0.4, 0.5) is 55.4 Å². The molecule has 34 nitrogen and oxygen atoms in total. The summed E-state index contributed by atoms with van der Waals surface area (Å²) in [5.74, 6) is 3.50. The molecule has 0 aliphatic carbocycles.